The summed E-state index contributed by atoms with van der Waals surface area (Å²) >= 11 is 0. The zero-order chi connectivity index (χ0) is 13.0. The van der Waals surface area contributed by atoms with Gasteiger partial charge in [-0.1, -0.05) is 13.3 Å². The summed E-state index contributed by atoms with van der Waals surface area (Å²) in [7, 11) is 0. The van der Waals surface area contributed by atoms with E-state index in [0.29, 0.717) is 12.2 Å². The highest BCUT2D eigenvalue weighted by Crippen LogP contribution is 2.15. The molecule has 0 spiro atoms. The van der Waals surface area contributed by atoms with E-state index < -0.39 is 0 Å². The van der Waals surface area contributed by atoms with E-state index in [9.17, 15) is 4.79 Å². The number of fused-ring (bicyclic) bond motifs is 1. The first kappa shape index (κ1) is 12.6. The number of unbranched alkanes of at least 4 members (excludes halogenated alkanes) is 1. The van der Waals surface area contributed by atoms with Gasteiger partial charge in [0.2, 0.25) is 0 Å². The number of esters is 1. The number of ether oxygens (including phenoxy) is 1. The van der Waals surface area contributed by atoms with E-state index in [-0.39, 0.29) is 5.97 Å². The molecule has 0 amide bonds. The molecule has 0 aliphatic heterocycles. The lowest BCUT2D eigenvalue weighted by atomic mass is 10.2. The number of rotatable bonds is 5. The molecule has 0 saturated carbocycles. The van der Waals surface area contributed by atoms with E-state index in [0.717, 1.165) is 36.1 Å². The summed E-state index contributed by atoms with van der Waals surface area (Å²) in [5.41, 5.74) is 2.36. The first-order chi connectivity index (χ1) is 8.74. The molecule has 2 aromatic rings. The molecule has 0 unspecified atom stereocenters. The van der Waals surface area contributed by atoms with Crippen molar-refractivity contribution in [3.8, 4) is 0 Å². The predicted octanol–water partition coefficient (Wildman–Crippen LogP) is 3.08. The van der Waals surface area contributed by atoms with Crippen molar-refractivity contribution in [3.05, 3.63) is 29.6 Å². The fourth-order valence-corrected chi connectivity index (χ4v) is 1.87. The maximum absolute atomic E-state index is 11.6. The molecule has 1 N–H and O–H groups in total. The third-order valence-corrected chi connectivity index (χ3v) is 2.81. The first-order valence-corrected chi connectivity index (χ1v) is 6.40. The predicted molar refractivity (Wildman–Crippen MR) is 70.7 cm³/mol. The quantitative estimate of drug-likeness (QED) is 0.825. The minimum atomic E-state index is -0.288. The van der Waals surface area contributed by atoms with Crippen molar-refractivity contribution in [2.24, 2.45) is 0 Å². The second-order valence-electron chi connectivity index (χ2n) is 4.24. The molecule has 96 valence electrons. The second kappa shape index (κ2) is 5.67. The highest BCUT2D eigenvalue weighted by molar-refractivity contribution is 5.93. The van der Waals surface area contributed by atoms with Crippen molar-refractivity contribution in [2.45, 2.75) is 33.1 Å². The number of nitrogens with zero attached hydrogens (tertiary/aromatic N) is 1. The van der Waals surface area contributed by atoms with Gasteiger partial charge in [0.15, 0.2) is 0 Å². The molecule has 18 heavy (non-hydrogen) atoms. The number of hydrogen-bond acceptors (Lipinski definition) is 3. The van der Waals surface area contributed by atoms with Crippen molar-refractivity contribution in [1.82, 2.24) is 9.97 Å². The molecule has 1 aromatic heterocycles. The van der Waals surface area contributed by atoms with Crippen LogP contribution in [0.2, 0.25) is 0 Å². The van der Waals surface area contributed by atoms with E-state index in [4.69, 9.17) is 4.74 Å². The summed E-state index contributed by atoms with van der Waals surface area (Å²) in [6, 6.07) is 5.41. The highest BCUT2D eigenvalue weighted by atomic mass is 16.5. The Labute approximate surface area is 106 Å². The number of carbonyl (C=O) groups excluding carboxylic acids is 1. The number of nitrogens with one attached hydrogen (secondary N) is 1. The van der Waals surface area contributed by atoms with Crippen molar-refractivity contribution < 1.29 is 9.53 Å². The highest BCUT2D eigenvalue weighted by Gasteiger charge is 2.09. The second-order valence-corrected chi connectivity index (χ2v) is 4.24. The lowest BCUT2D eigenvalue weighted by molar-refractivity contribution is 0.0526. The first-order valence-electron chi connectivity index (χ1n) is 6.40. The third-order valence-electron chi connectivity index (χ3n) is 2.81. The Balaban J connectivity index is 2.25. The molecule has 0 saturated heterocycles. The molecule has 0 radical (unpaired) electrons. The average Bonchev–Trinajstić information content (AvgIpc) is 2.78. The number of aryl methyl sites for hydroxylation is 1. The summed E-state index contributed by atoms with van der Waals surface area (Å²) in [5, 5.41) is 0. The zero-order valence-electron chi connectivity index (χ0n) is 10.8. The molecule has 4 heteroatoms. The Morgan fingerprint density at radius 2 is 2.22 bits per heavy atom. The average molecular weight is 246 g/mol. The summed E-state index contributed by atoms with van der Waals surface area (Å²) in [6.07, 6.45) is 3.20. The SMILES string of the molecule is CCCCc1nc2ccc(C(=O)OCC)cc2[nH]1. The van der Waals surface area contributed by atoms with Gasteiger partial charge in [0.05, 0.1) is 23.2 Å². The minimum Gasteiger partial charge on any atom is -0.462 e. The van der Waals surface area contributed by atoms with Crippen LogP contribution in [0.15, 0.2) is 18.2 Å². The van der Waals surface area contributed by atoms with Crippen LogP contribution in [0.4, 0.5) is 0 Å². The molecule has 4 nitrogen and oxygen atoms in total. The lowest BCUT2D eigenvalue weighted by Gasteiger charge is -2.00. The van der Waals surface area contributed by atoms with Gasteiger partial charge in [0.25, 0.3) is 0 Å². The van der Waals surface area contributed by atoms with Gasteiger partial charge in [-0.2, -0.15) is 0 Å². The van der Waals surface area contributed by atoms with Crippen LogP contribution >= 0.6 is 0 Å². The molecule has 0 bridgehead atoms. The van der Waals surface area contributed by atoms with Gasteiger partial charge in [-0.25, -0.2) is 9.78 Å². The van der Waals surface area contributed by atoms with E-state index in [1.165, 1.54) is 0 Å². The van der Waals surface area contributed by atoms with Gasteiger partial charge >= 0.3 is 5.97 Å². The van der Waals surface area contributed by atoms with E-state index in [2.05, 4.69) is 16.9 Å². The van der Waals surface area contributed by atoms with Gasteiger partial charge in [0.1, 0.15) is 5.82 Å². The third kappa shape index (κ3) is 2.70. The number of benzene rings is 1. The van der Waals surface area contributed by atoms with Crippen LogP contribution in [0, 0.1) is 0 Å². The maximum Gasteiger partial charge on any atom is 0.338 e. The van der Waals surface area contributed by atoms with Crippen molar-refractivity contribution in [3.63, 3.8) is 0 Å². The van der Waals surface area contributed by atoms with Crippen molar-refractivity contribution in [2.75, 3.05) is 6.61 Å². The van der Waals surface area contributed by atoms with Crippen LogP contribution < -0.4 is 0 Å². The molecule has 2 rings (SSSR count). The number of carbonyl (C=O) groups is 1. The largest absolute Gasteiger partial charge is 0.462 e. The Kier molecular flexibility index (Phi) is 3.97. The smallest absolute Gasteiger partial charge is 0.338 e. The van der Waals surface area contributed by atoms with E-state index >= 15 is 0 Å². The van der Waals surface area contributed by atoms with Gasteiger partial charge in [-0.3, -0.25) is 0 Å². The maximum atomic E-state index is 11.6. The monoisotopic (exact) mass is 246 g/mol. The fraction of sp³-hybridized carbons (Fsp3) is 0.429. The van der Waals surface area contributed by atoms with Gasteiger partial charge in [-0.05, 0) is 31.5 Å². The summed E-state index contributed by atoms with van der Waals surface area (Å²) in [5.74, 6) is 0.692. The lowest BCUT2D eigenvalue weighted by Crippen LogP contribution is -2.04. The van der Waals surface area contributed by atoms with Crippen molar-refractivity contribution in [1.29, 1.82) is 0 Å². The van der Waals surface area contributed by atoms with Crippen molar-refractivity contribution >= 4 is 17.0 Å². The molecule has 0 fully saturated rings. The molecule has 0 aliphatic carbocycles. The number of hydrogen-bond donors (Lipinski definition) is 1. The van der Waals surface area contributed by atoms with Crippen LogP contribution in [0.1, 0.15) is 42.9 Å². The van der Waals surface area contributed by atoms with E-state index in [1.54, 1.807) is 19.1 Å². The summed E-state index contributed by atoms with van der Waals surface area (Å²) < 4.78 is 4.98. The summed E-state index contributed by atoms with van der Waals surface area (Å²) in [4.78, 5) is 19.3. The van der Waals surface area contributed by atoms with E-state index in [1.807, 2.05) is 6.07 Å². The molecule has 0 atom stereocenters. The normalized spacial score (nSPS) is 10.8. The molecule has 0 aliphatic rings. The van der Waals surface area contributed by atoms with Gasteiger partial charge in [-0.15, -0.1) is 0 Å². The Morgan fingerprint density at radius 1 is 1.39 bits per heavy atom. The molecular formula is C14H18N2O2. The Morgan fingerprint density at radius 3 is 2.94 bits per heavy atom. The minimum absolute atomic E-state index is 0.288. The molecule has 1 aromatic carbocycles. The number of aromatic nitrogens is 2. The topological polar surface area (TPSA) is 55.0 Å². The van der Waals surface area contributed by atoms with Gasteiger partial charge < -0.3 is 9.72 Å². The fourth-order valence-electron chi connectivity index (χ4n) is 1.87. The summed E-state index contributed by atoms with van der Waals surface area (Å²) in [6.45, 7) is 4.35. The zero-order valence-corrected chi connectivity index (χ0v) is 10.8. The van der Waals surface area contributed by atoms with Crippen LogP contribution in [0.3, 0.4) is 0 Å². The van der Waals surface area contributed by atoms with Crippen LogP contribution in [-0.2, 0) is 11.2 Å². The van der Waals surface area contributed by atoms with Gasteiger partial charge in [0, 0.05) is 6.42 Å². The number of H-pyrrole nitrogens is 1. The standard InChI is InChI=1S/C14H18N2O2/c1-3-5-6-13-15-11-8-7-10(9-12(11)16-13)14(17)18-4-2/h7-9H,3-6H2,1-2H3,(H,15,16). The van der Waals surface area contributed by atoms with Crippen LogP contribution in [0.25, 0.3) is 11.0 Å². The van der Waals surface area contributed by atoms with Crippen LogP contribution in [0.5, 0.6) is 0 Å². The number of aromatic amines is 1. The van der Waals surface area contributed by atoms with Crippen LogP contribution in [-0.4, -0.2) is 22.5 Å². The number of imidazole rings is 1. The Hall–Kier alpha value is -1.84. The molecule has 1 heterocycles. The Bertz CT molecular complexity index is 546. The molecular weight excluding hydrogens is 228 g/mol.